The first-order valence-corrected chi connectivity index (χ1v) is 7.06. The van der Waals surface area contributed by atoms with Crippen molar-refractivity contribution in [1.82, 2.24) is 4.72 Å². The van der Waals surface area contributed by atoms with Crippen LogP contribution in [0.4, 0.5) is 4.39 Å². The highest BCUT2D eigenvalue weighted by molar-refractivity contribution is 9.10. The van der Waals surface area contributed by atoms with Gasteiger partial charge in [0, 0.05) is 11.0 Å². The number of rotatable bonds is 4. The summed E-state index contributed by atoms with van der Waals surface area (Å²) in [5, 5.41) is 9.44. The second-order valence-electron chi connectivity index (χ2n) is 4.21. The highest BCUT2D eigenvalue weighted by Gasteiger charge is 2.21. The van der Waals surface area contributed by atoms with E-state index in [0.29, 0.717) is 0 Å². The average Bonchev–Trinajstić information content (AvgIpc) is 2.13. The highest BCUT2D eigenvalue weighted by atomic mass is 79.9. The van der Waals surface area contributed by atoms with Crippen molar-refractivity contribution in [2.24, 2.45) is 0 Å². The van der Waals surface area contributed by atoms with E-state index in [9.17, 15) is 17.9 Å². The lowest BCUT2D eigenvalue weighted by Gasteiger charge is -2.18. The molecule has 0 radical (unpaired) electrons. The van der Waals surface area contributed by atoms with Gasteiger partial charge in [-0.1, -0.05) is 0 Å². The van der Waals surface area contributed by atoms with Gasteiger partial charge in [-0.3, -0.25) is 0 Å². The molecule has 7 heteroatoms. The van der Waals surface area contributed by atoms with E-state index in [1.165, 1.54) is 13.8 Å². The van der Waals surface area contributed by atoms with Crippen molar-refractivity contribution in [2.45, 2.75) is 24.3 Å². The highest BCUT2D eigenvalue weighted by Crippen LogP contribution is 2.22. The second-order valence-corrected chi connectivity index (χ2v) is 6.80. The van der Waals surface area contributed by atoms with Gasteiger partial charge in [-0.05, 0) is 48.0 Å². The van der Waals surface area contributed by atoms with Gasteiger partial charge < -0.3 is 5.11 Å². The monoisotopic (exact) mass is 325 g/mol. The molecule has 0 unspecified atom stereocenters. The summed E-state index contributed by atoms with van der Waals surface area (Å²) in [6, 6.07) is 3.29. The van der Waals surface area contributed by atoms with Crippen molar-refractivity contribution in [3.8, 4) is 0 Å². The average molecular weight is 326 g/mol. The number of sulfonamides is 1. The fourth-order valence-electron chi connectivity index (χ4n) is 1.04. The molecule has 1 aromatic rings. The number of halogens is 2. The SMILES string of the molecule is CC(C)(O)CNS(=O)(=O)c1ccc(F)cc1Br. The van der Waals surface area contributed by atoms with Gasteiger partial charge in [-0.25, -0.2) is 17.5 Å². The smallest absolute Gasteiger partial charge is 0.241 e. The van der Waals surface area contributed by atoms with E-state index in [2.05, 4.69) is 20.7 Å². The summed E-state index contributed by atoms with van der Waals surface area (Å²) in [4.78, 5) is -0.0665. The Kier molecular flexibility index (Phi) is 4.29. The Morgan fingerprint density at radius 3 is 2.53 bits per heavy atom. The molecule has 4 nitrogen and oxygen atoms in total. The summed E-state index contributed by atoms with van der Waals surface area (Å²) in [7, 11) is -3.76. The van der Waals surface area contributed by atoms with Crippen molar-refractivity contribution in [1.29, 1.82) is 0 Å². The van der Waals surface area contributed by atoms with Crippen LogP contribution in [0.1, 0.15) is 13.8 Å². The van der Waals surface area contributed by atoms with E-state index in [-0.39, 0.29) is 15.9 Å². The van der Waals surface area contributed by atoms with Crippen LogP contribution in [0, 0.1) is 5.82 Å². The lowest BCUT2D eigenvalue weighted by molar-refractivity contribution is 0.0857. The summed E-state index contributed by atoms with van der Waals surface area (Å²) in [5.41, 5.74) is -1.15. The van der Waals surface area contributed by atoms with Gasteiger partial charge in [0.25, 0.3) is 0 Å². The third kappa shape index (κ3) is 4.34. The van der Waals surface area contributed by atoms with Crippen LogP contribution >= 0.6 is 15.9 Å². The van der Waals surface area contributed by atoms with E-state index in [1.54, 1.807) is 0 Å². The van der Waals surface area contributed by atoms with Crippen LogP contribution in [0.2, 0.25) is 0 Å². The van der Waals surface area contributed by atoms with Gasteiger partial charge in [0.2, 0.25) is 10.0 Å². The molecule has 2 N–H and O–H groups in total. The number of nitrogens with one attached hydrogen (secondary N) is 1. The standard InChI is InChI=1S/C10H13BrFNO3S/c1-10(2,14)6-13-17(15,16)9-4-3-7(12)5-8(9)11/h3-5,13-14H,6H2,1-2H3. The first kappa shape index (κ1) is 14.6. The van der Waals surface area contributed by atoms with Crippen LogP contribution in [0.3, 0.4) is 0 Å². The fourth-order valence-corrected chi connectivity index (χ4v) is 3.29. The zero-order valence-electron chi connectivity index (χ0n) is 9.37. The molecule has 0 aromatic heterocycles. The Morgan fingerprint density at radius 2 is 2.06 bits per heavy atom. The Labute approximate surface area is 108 Å². The van der Waals surface area contributed by atoms with Gasteiger partial charge in [-0.2, -0.15) is 0 Å². The maximum Gasteiger partial charge on any atom is 0.241 e. The largest absolute Gasteiger partial charge is 0.389 e. The molecule has 0 aliphatic heterocycles. The van der Waals surface area contributed by atoms with E-state index >= 15 is 0 Å². The molecule has 0 saturated heterocycles. The van der Waals surface area contributed by atoms with Gasteiger partial charge in [0.15, 0.2) is 0 Å². The minimum atomic E-state index is -3.76. The zero-order valence-corrected chi connectivity index (χ0v) is 11.8. The molecular formula is C10H13BrFNO3S. The van der Waals surface area contributed by atoms with Gasteiger partial charge >= 0.3 is 0 Å². The topological polar surface area (TPSA) is 66.4 Å². The molecule has 96 valence electrons. The lowest BCUT2D eigenvalue weighted by atomic mass is 10.1. The molecule has 0 aliphatic carbocycles. The summed E-state index contributed by atoms with van der Waals surface area (Å²) < 4.78 is 38.9. The predicted molar refractivity (Wildman–Crippen MR) is 65.6 cm³/mol. The van der Waals surface area contributed by atoms with Crippen molar-refractivity contribution >= 4 is 26.0 Å². The van der Waals surface area contributed by atoms with E-state index < -0.39 is 21.4 Å². The minimum Gasteiger partial charge on any atom is -0.389 e. The normalized spacial score (nSPS) is 12.8. The quantitative estimate of drug-likeness (QED) is 0.884. The Hall–Kier alpha value is -0.500. The summed E-state index contributed by atoms with van der Waals surface area (Å²) >= 11 is 2.98. The van der Waals surface area contributed by atoms with Gasteiger partial charge in [-0.15, -0.1) is 0 Å². The first-order chi connectivity index (χ1) is 7.62. The lowest BCUT2D eigenvalue weighted by Crippen LogP contribution is -2.38. The van der Waals surface area contributed by atoms with E-state index in [1.807, 2.05) is 0 Å². The molecule has 0 saturated carbocycles. The number of hydrogen-bond acceptors (Lipinski definition) is 3. The van der Waals surface area contributed by atoms with Crippen molar-refractivity contribution in [3.05, 3.63) is 28.5 Å². The Balaban J connectivity index is 2.98. The van der Waals surface area contributed by atoms with Crippen LogP contribution < -0.4 is 4.72 Å². The van der Waals surface area contributed by atoms with Gasteiger partial charge in [0.05, 0.1) is 10.5 Å². The molecule has 0 aliphatic rings. The minimum absolute atomic E-state index is 0.0665. The number of aliphatic hydroxyl groups is 1. The molecular weight excluding hydrogens is 313 g/mol. The van der Waals surface area contributed by atoms with Crippen molar-refractivity contribution < 1.29 is 17.9 Å². The summed E-state index contributed by atoms with van der Waals surface area (Å²) in [6.07, 6.45) is 0. The number of hydrogen-bond donors (Lipinski definition) is 2. The van der Waals surface area contributed by atoms with Crippen LogP contribution in [-0.4, -0.2) is 25.7 Å². The maximum atomic E-state index is 12.8. The first-order valence-electron chi connectivity index (χ1n) is 4.79. The van der Waals surface area contributed by atoms with Crippen molar-refractivity contribution in [2.75, 3.05) is 6.54 Å². The van der Waals surface area contributed by atoms with E-state index in [4.69, 9.17) is 0 Å². The van der Waals surface area contributed by atoms with Crippen LogP contribution in [0.5, 0.6) is 0 Å². The van der Waals surface area contributed by atoms with Crippen molar-refractivity contribution in [3.63, 3.8) is 0 Å². The molecule has 0 atom stereocenters. The third-order valence-electron chi connectivity index (χ3n) is 1.88. The molecule has 17 heavy (non-hydrogen) atoms. The fraction of sp³-hybridized carbons (Fsp3) is 0.400. The molecule has 0 bridgehead atoms. The molecule has 1 aromatic carbocycles. The zero-order chi connectivity index (χ0) is 13.3. The van der Waals surface area contributed by atoms with Gasteiger partial charge in [0.1, 0.15) is 5.82 Å². The predicted octanol–water partition coefficient (Wildman–Crippen LogP) is 1.64. The molecule has 0 heterocycles. The second kappa shape index (κ2) is 5.01. The molecule has 0 fully saturated rings. The Bertz CT molecular complexity index is 511. The number of benzene rings is 1. The van der Waals surface area contributed by atoms with Crippen LogP contribution in [0.15, 0.2) is 27.6 Å². The molecule has 0 spiro atoms. The molecule has 0 amide bonds. The third-order valence-corrected chi connectivity index (χ3v) is 4.26. The van der Waals surface area contributed by atoms with E-state index in [0.717, 1.165) is 18.2 Å². The van der Waals surface area contributed by atoms with Crippen LogP contribution in [0.25, 0.3) is 0 Å². The molecule has 1 rings (SSSR count). The van der Waals surface area contributed by atoms with Crippen LogP contribution in [-0.2, 0) is 10.0 Å². The summed E-state index contributed by atoms with van der Waals surface area (Å²) in [5.74, 6) is -0.529. The summed E-state index contributed by atoms with van der Waals surface area (Å²) in [6.45, 7) is 2.84. The maximum absolute atomic E-state index is 12.8. The Morgan fingerprint density at radius 1 is 1.47 bits per heavy atom.